The van der Waals surface area contributed by atoms with E-state index >= 15 is 0 Å². The number of barbiturate groups is 1. The molecule has 5 rings (SSSR count). The van der Waals surface area contributed by atoms with E-state index in [0.717, 1.165) is 28.0 Å². The van der Waals surface area contributed by atoms with Crippen molar-refractivity contribution in [2.45, 2.75) is 13.0 Å². The third kappa shape index (κ3) is 3.46. The van der Waals surface area contributed by atoms with Crippen LogP contribution in [0.15, 0.2) is 72.3 Å². The first-order chi connectivity index (χ1) is 15.5. The van der Waals surface area contributed by atoms with Gasteiger partial charge in [-0.15, -0.1) is 0 Å². The highest BCUT2D eigenvalue weighted by Gasteiger charge is 2.35. The second kappa shape index (κ2) is 7.81. The van der Waals surface area contributed by atoms with Crippen LogP contribution in [-0.4, -0.2) is 29.9 Å². The van der Waals surface area contributed by atoms with E-state index in [4.69, 9.17) is 4.74 Å². The van der Waals surface area contributed by atoms with Crippen molar-refractivity contribution in [1.29, 1.82) is 0 Å². The predicted molar refractivity (Wildman–Crippen MR) is 120 cm³/mol. The van der Waals surface area contributed by atoms with Crippen LogP contribution in [0.3, 0.4) is 0 Å². The maximum atomic E-state index is 13.1. The molecule has 32 heavy (non-hydrogen) atoms. The Kier molecular flexibility index (Phi) is 4.82. The van der Waals surface area contributed by atoms with Gasteiger partial charge < -0.3 is 4.74 Å². The normalized spacial score (nSPS) is 16.1. The summed E-state index contributed by atoms with van der Waals surface area (Å²) in [6.07, 6.45) is 2.41. The van der Waals surface area contributed by atoms with Crippen molar-refractivity contribution in [3.63, 3.8) is 0 Å². The van der Waals surface area contributed by atoms with Crippen LogP contribution < -0.4 is 10.1 Å². The summed E-state index contributed by atoms with van der Waals surface area (Å²) >= 11 is 0. The zero-order valence-corrected chi connectivity index (χ0v) is 17.4. The fraction of sp³-hybridized carbons (Fsp3) is 0.115. The van der Waals surface area contributed by atoms with Gasteiger partial charge in [-0.3, -0.25) is 19.8 Å². The van der Waals surface area contributed by atoms with Crippen molar-refractivity contribution >= 4 is 23.9 Å². The maximum absolute atomic E-state index is 13.1. The zero-order chi connectivity index (χ0) is 22.2. The van der Waals surface area contributed by atoms with Gasteiger partial charge in [0.1, 0.15) is 11.3 Å². The largest absolute Gasteiger partial charge is 0.497 e. The molecule has 6 nitrogen and oxygen atoms in total. The summed E-state index contributed by atoms with van der Waals surface area (Å²) in [5.41, 5.74) is 6.15. The summed E-state index contributed by atoms with van der Waals surface area (Å²) in [6.45, 7) is 0.0524. The van der Waals surface area contributed by atoms with Gasteiger partial charge in [-0.25, -0.2) is 4.79 Å². The average Bonchev–Trinajstić information content (AvgIpc) is 3.18. The summed E-state index contributed by atoms with van der Waals surface area (Å²) < 4.78 is 5.14. The first-order valence-corrected chi connectivity index (χ1v) is 10.3. The topological polar surface area (TPSA) is 75.7 Å². The Morgan fingerprint density at radius 3 is 2.47 bits per heavy atom. The molecule has 2 aliphatic rings. The third-order valence-corrected chi connectivity index (χ3v) is 5.82. The molecular formula is C26H20N2O4. The summed E-state index contributed by atoms with van der Waals surface area (Å²) in [4.78, 5) is 38.9. The number of nitrogens with zero attached hydrogens (tertiary/aromatic N) is 1. The number of ether oxygens (including phenoxy) is 1. The van der Waals surface area contributed by atoms with Gasteiger partial charge in [0.15, 0.2) is 0 Å². The number of fused-ring (bicyclic) bond motifs is 3. The summed E-state index contributed by atoms with van der Waals surface area (Å²) in [6, 6.07) is 20.4. The molecule has 3 aromatic carbocycles. The lowest BCUT2D eigenvalue weighted by molar-refractivity contribution is -0.130. The molecule has 3 aromatic rings. The van der Waals surface area contributed by atoms with Crippen molar-refractivity contribution in [1.82, 2.24) is 10.2 Å². The van der Waals surface area contributed by atoms with E-state index in [-0.39, 0.29) is 12.1 Å². The molecule has 158 valence electrons. The van der Waals surface area contributed by atoms with Gasteiger partial charge in [-0.1, -0.05) is 48.5 Å². The Morgan fingerprint density at radius 2 is 1.69 bits per heavy atom. The number of imide groups is 2. The number of methoxy groups -OCH3 is 1. The average molecular weight is 424 g/mol. The second-order valence-electron chi connectivity index (χ2n) is 7.81. The van der Waals surface area contributed by atoms with Gasteiger partial charge in [-0.05, 0) is 64.1 Å². The number of benzene rings is 3. The van der Waals surface area contributed by atoms with Crippen LogP contribution in [0.5, 0.6) is 5.75 Å². The number of hydrogen-bond donors (Lipinski definition) is 1. The minimum absolute atomic E-state index is 0.0524. The summed E-state index contributed by atoms with van der Waals surface area (Å²) in [5, 5.41) is 2.28. The number of carbonyl (C=O) groups excluding carboxylic acids is 3. The lowest BCUT2D eigenvalue weighted by Gasteiger charge is -2.26. The highest BCUT2D eigenvalue weighted by molar-refractivity contribution is 6.31. The number of nitrogens with one attached hydrogen (secondary N) is 1. The van der Waals surface area contributed by atoms with Crippen LogP contribution >= 0.6 is 0 Å². The minimum Gasteiger partial charge on any atom is -0.497 e. The molecule has 1 fully saturated rings. The van der Waals surface area contributed by atoms with E-state index < -0.39 is 17.8 Å². The number of urea groups is 1. The molecule has 0 atom stereocenters. The van der Waals surface area contributed by atoms with Crippen LogP contribution in [0.2, 0.25) is 0 Å². The van der Waals surface area contributed by atoms with E-state index in [9.17, 15) is 14.4 Å². The fourth-order valence-electron chi connectivity index (χ4n) is 4.15. The fourth-order valence-corrected chi connectivity index (χ4v) is 4.15. The lowest BCUT2D eigenvalue weighted by Crippen LogP contribution is -2.53. The highest BCUT2D eigenvalue weighted by Crippen LogP contribution is 2.37. The zero-order valence-electron chi connectivity index (χ0n) is 17.4. The Morgan fingerprint density at radius 1 is 0.938 bits per heavy atom. The van der Waals surface area contributed by atoms with Crippen LogP contribution in [-0.2, 0) is 22.6 Å². The monoisotopic (exact) mass is 424 g/mol. The number of carbonyl (C=O) groups is 3. The molecule has 1 N–H and O–H groups in total. The Balaban J connectivity index is 1.45. The van der Waals surface area contributed by atoms with Crippen LogP contribution in [0.1, 0.15) is 22.3 Å². The molecule has 6 heteroatoms. The smallest absolute Gasteiger partial charge is 0.331 e. The molecule has 4 amide bonds. The van der Waals surface area contributed by atoms with E-state index in [0.29, 0.717) is 5.75 Å². The van der Waals surface area contributed by atoms with Crippen molar-refractivity contribution in [3.05, 3.63) is 94.6 Å². The predicted octanol–water partition coefficient (Wildman–Crippen LogP) is 3.93. The quantitative estimate of drug-likeness (QED) is 0.398. The standard InChI is InChI=1S/C26H20N2O4/c1-32-20-10-7-16(8-11-20)15-28-25(30)23(24(29)27-26(28)31)13-17-6-9-19-14-18-4-2-3-5-21(18)22(19)12-17/h2-13H,14-15H2,1H3,(H,27,29,31)/b23-13+. The van der Waals surface area contributed by atoms with E-state index in [1.54, 1.807) is 37.5 Å². The summed E-state index contributed by atoms with van der Waals surface area (Å²) in [5.74, 6) is -0.625. The van der Waals surface area contributed by atoms with E-state index in [2.05, 4.69) is 17.4 Å². The Hall–Kier alpha value is -4.19. The van der Waals surface area contributed by atoms with Crippen molar-refractivity contribution in [2.75, 3.05) is 7.11 Å². The van der Waals surface area contributed by atoms with Crippen LogP contribution in [0.25, 0.3) is 17.2 Å². The van der Waals surface area contributed by atoms with Crippen LogP contribution in [0, 0.1) is 0 Å². The lowest BCUT2D eigenvalue weighted by atomic mass is 10.0. The van der Waals surface area contributed by atoms with Gasteiger partial charge in [0, 0.05) is 0 Å². The molecule has 0 bridgehead atoms. The third-order valence-electron chi connectivity index (χ3n) is 5.82. The SMILES string of the molecule is COc1ccc(CN2C(=O)NC(=O)/C(=C\c3ccc4c(c3)-c3ccccc3C4)C2=O)cc1. The van der Waals surface area contributed by atoms with E-state index in [1.807, 2.05) is 30.3 Å². The maximum Gasteiger partial charge on any atom is 0.331 e. The van der Waals surface area contributed by atoms with Crippen molar-refractivity contribution < 1.29 is 19.1 Å². The molecule has 1 heterocycles. The molecule has 0 radical (unpaired) electrons. The molecule has 0 saturated carbocycles. The molecule has 1 aliphatic carbocycles. The first kappa shape index (κ1) is 19.8. The number of amides is 4. The molecule has 0 spiro atoms. The molecule has 1 aliphatic heterocycles. The van der Waals surface area contributed by atoms with Crippen LogP contribution in [0.4, 0.5) is 4.79 Å². The van der Waals surface area contributed by atoms with Gasteiger partial charge >= 0.3 is 6.03 Å². The van der Waals surface area contributed by atoms with Gasteiger partial charge in [0.2, 0.25) is 0 Å². The second-order valence-corrected chi connectivity index (χ2v) is 7.81. The Labute approximate surface area is 185 Å². The first-order valence-electron chi connectivity index (χ1n) is 10.3. The van der Waals surface area contributed by atoms with Gasteiger partial charge in [0.05, 0.1) is 13.7 Å². The number of rotatable bonds is 4. The Bertz CT molecular complexity index is 1290. The van der Waals surface area contributed by atoms with E-state index in [1.165, 1.54) is 16.7 Å². The molecule has 0 aromatic heterocycles. The highest BCUT2D eigenvalue weighted by atomic mass is 16.5. The minimum atomic E-state index is -0.726. The molecule has 0 unspecified atom stereocenters. The molecular weight excluding hydrogens is 404 g/mol. The van der Waals surface area contributed by atoms with Gasteiger partial charge in [-0.2, -0.15) is 0 Å². The van der Waals surface area contributed by atoms with Crippen molar-refractivity contribution in [2.24, 2.45) is 0 Å². The summed E-state index contributed by atoms with van der Waals surface area (Å²) in [7, 11) is 1.57. The van der Waals surface area contributed by atoms with Gasteiger partial charge in [0.25, 0.3) is 11.8 Å². The molecule has 1 saturated heterocycles. The number of hydrogen-bond acceptors (Lipinski definition) is 4. The van der Waals surface area contributed by atoms with Crippen molar-refractivity contribution in [3.8, 4) is 16.9 Å².